The summed E-state index contributed by atoms with van der Waals surface area (Å²) < 4.78 is 1.39. The number of thioether (sulfide) groups is 1. The highest BCUT2D eigenvalue weighted by Crippen LogP contribution is 2.21. The van der Waals surface area contributed by atoms with E-state index in [4.69, 9.17) is 5.84 Å². The van der Waals surface area contributed by atoms with Crippen LogP contribution < -0.4 is 11.2 Å². The molecule has 1 saturated carbocycles. The van der Waals surface area contributed by atoms with Crippen LogP contribution in [0.15, 0.2) is 29.7 Å². The van der Waals surface area contributed by atoms with Crippen molar-refractivity contribution < 1.29 is 4.79 Å². The molecule has 0 spiro atoms. The van der Waals surface area contributed by atoms with Crippen molar-refractivity contribution >= 4 is 17.7 Å². The van der Waals surface area contributed by atoms with Crippen LogP contribution in [0.1, 0.15) is 25.7 Å². The molecular weight excluding hydrogens is 300 g/mol. The number of pyridine rings is 1. The molecule has 116 valence electrons. The standard InChI is InChI=1S/C14H18N6OS/c15-20-13(10-4-3-7-16-8-10)18-19-14(20)22-9-12(21)17-11-5-1-2-6-11/h3-4,7-8,11H,1-2,5-6,9,15H2,(H,17,21). The summed E-state index contributed by atoms with van der Waals surface area (Å²) in [6.45, 7) is 0. The molecular formula is C14H18N6OS. The Bertz CT molecular complexity index is 638. The van der Waals surface area contributed by atoms with Gasteiger partial charge in [-0.2, -0.15) is 0 Å². The molecule has 0 bridgehead atoms. The molecule has 1 fully saturated rings. The van der Waals surface area contributed by atoms with Crippen LogP contribution in [0.3, 0.4) is 0 Å². The van der Waals surface area contributed by atoms with Gasteiger partial charge in [0.05, 0.1) is 5.75 Å². The molecule has 0 unspecified atom stereocenters. The molecule has 2 aromatic rings. The number of nitrogens with zero attached hydrogens (tertiary/aromatic N) is 4. The molecule has 3 N–H and O–H groups in total. The Hall–Kier alpha value is -2.09. The van der Waals surface area contributed by atoms with E-state index in [0.29, 0.717) is 22.8 Å². The van der Waals surface area contributed by atoms with Crippen molar-refractivity contribution in [1.82, 2.24) is 25.2 Å². The smallest absolute Gasteiger partial charge is 0.230 e. The minimum Gasteiger partial charge on any atom is -0.353 e. The quantitative estimate of drug-likeness (QED) is 0.635. The third-order valence-corrected chi connectivity index (χ3v) is 4.58. The minimum absolute atomic E-state index is 0.0165. The first kappa shape index (κ1) is 14.8. The predicted octanol–water partition coefficient (Wildman–Crippen LogP) is 1.20. The predicted molar refractivity (Wildman–Crippen MR) is 84.5 cm³/mol. The Labute approximate surface area is 132 Å². The number of nitrogens with two attached hydrogens (primary N) is 1. The first-order valence-corrected chi connectivity index (χ1v) is 8.25. The van der Waals surface area contributed by atoms with E-state index < -0.39 is 0 Å². The van der Waals surface area contributed by atoms with E-state index in [-0.39, 0.29) is 5.91 Å². The SMILES string of the molecule is Nn1c(SCC(=O)NC2CCCC2)nnc1-c1cccnc1. The zero-order valence-electron chi connectivity index (χ0n) is 12.1. The minimum atomic E-state index is 0.0165. The van der Waals surface area contributed by atoms with Gasteiger partial charge in [-0.15, -0.1) is 10.2 Å². The largest absolute Gasteiger partial charge is 0.353 e. The van der Waals surface area contributed by atoms with Gasteiger partial charge < -0.3 is 11.2 Å². The van der Waals surface area contributed by atoms with Crippen LogP contribution in [0, 0.1) is 0 Å². The van der Waals surface area contributed by atoms with Gasteiger partial charge in [0, 0.05) is 24.0 Å². The fourth-order valence-corrected chi connectivity index (χ4v) is 3.20. The first-order valence-electron chi connectivity index (χ1n) is 7.27. The average molecular weight is 318 g/mol. The fourth-order valence-electron chi connectivity index (χ4n) is 2.54. The number of hydrogen-bond acceptors (Lipinski definition) is 6. The number of nitrogens with one attached hydrogen (secondary N) is 1. The molecule has 7 nitrogen and oxygen atoms in total. The number of nitrogen functional groups attached to an aromatic ring is 1. The number of rotatable bonds is 5. The second-order valence-electron chi connectivity index (χ2n) is 5.26. The summed E-state index contributed by atoms with van der Waals surface area (Å²) in [5, 5.41) is 11.7. The molecule has 0 radical (unpaired) electrons. The highest BCUT2D eigenvalue weighted by atomic mass is 32.2. The van der Waals surface area contributed by atoms with Crippen LogP contribution in [-0.2, 0) is 4.79 Å². The van der Waals surface area contributed by atoms with Gasteiger partial charge in [-0.3, -0.25) is 9.78 Å². The van der Waals surface area contributed by atoms with Gasteiger partial charge in [0.15, 0.2) is 5.82 Å². The van der Waals surface area contributed by atoms with Crippen LogP contribution in [-0.4, -0.2) is 37.6 Å². The van der Waals surface area contributed by atoms with Crippen molar-refractivity contribution in [1.29, 1.82) is 0 Å². The van der Waals surface area contributed by atoms with Gasteiger partial charge in [0.1, 0.15) is 0 Å². The van der Waals surface area contributed by atoms with E-state index in [1.165, 1.54) is 29.3 Å². The Kier molecular flexibility index (Phi) is 4.57. The van der Waals surface area contributed by atoms with Crippen LogP contribution in [0.2, 0.25) is 0 Å². The van der Waals surface area contributed by atoms with Crippen LogP contribution in [0.4, 0.5) is 0 Å². The molecule has 1 aliphatic rings. The lowest BCUT2D eigenvalue weighted by Crippen LogP contribution is -2.34. The maximum absolute atomic E-state index is 11.9. The fraction of sp³-hybridized carbons (Fsp3) is 0.429. The third kappa shape index (κ3) is 3.38. The monoisotopic (exact) mass is 318 g/mol. The molecule has 1 amide bonds. The Morgan fingerprint density at radius 1 is 1.41 bits per heavy atom. The molecule has 2 aromatic heterocycles. The van der Waals surface area contributed by atoms with Gasteiger partial charge in [0.25, 0.3) is 0 Å². The lowest BCUT2D eigenvalue weighted by molar-refractivity contribution is -0.119. The van der Waals surface area contributed by atoms with Crippen molar-refractivity contribution in [3.8, 4) is 11.4 Å². The zero-order chi connectivity index (χ0) is 15.4. The van der Waals surface area contributed by atoms with Crippen molar-refractivity contribution in [3.63, 3.8) is 0 Å². The molecule has 22 heavy (non-hydrogen) atoms. The highest BCUT2D eigenvalue weighted by molar-refractivity contribution is 7.99. The second-order valence-corrected chi connectivity index (χ2v) is 6.20. The van der Waals surface area contributed by atoms with Gasteiger partial charge in [0.2, 0.25) is 11.1 Å². The van der Waals surface area contributed by atoms with Crippen LogP contribution in [0.25, 0.3) is 11.4 Å². The lowest BCUT2D eigenvalue weighted by atomic mass is 10.2. The molecule has 0 aliphatic heterocycles. The Morgan fingerprint density at radius 2 is 2.23 bits per heavy atom. The van der Waals surface area contributed by atoms with E-state index in [1.54, 1.807) is 12.4 Å². The summed E-state index contributed by atoms with van der Waals surface area (Å²) in [5.74, 6) is 6.84. The van der Waals surface area contributed by atoms with E-state index in [1.807, 2.05) is 12.1 Å². The summed E-state index contributed by atoms with van der Waals surface area (Å²) in [6.07, 6.45) is 7.91. The summed E-state index contributed by atoms with van der Waals surface area (Å²) in [6, 6.07) is 4.00. The van der Waals surface area contributed by atoms with Gasteiger partial charge in [-0.25, -0.2) is 4.68 Å². The number of hydrogen-bond donors (Lipinski definition) is 2. The summed E-state index contributed by atoms with van der Waals surface area (Å²) in [5.41, 5.74) is 0.791. The third-order valence-electron chi connectivity index (χ3n) is 3.64. The van der Waals surface area contributed by atoms with Crippen molar-refractivity contribution in [2.45, 2.75) is 36.9 Å². The first-order chi connectivity index (χ1) is 10.7. The molecule has 0 saturated heterocycles. The van der Waals surface area contributed by atoms with E-state index in [2.05, 4.69) is 20.5 Å². The Balaban J connectivity index is 1.59. The van der Waals surface area contributed by atoms with Crippen molar-refractivity contribution in [2.75, 3.05) is 11.6 Å². The molecule has 3 rings (SSSR count). The van der Waals surface area contributed by atoms with Gasteiger partial charge >= 0.3 is 0 Å². The van der Waals surface area contributed by atoms with E-state index in [0.717, 1.165) is 18.4 Å². The number of aromatic nitrogens is 4. The lowest BCUT2D eigenvalue weighted by Gasteiger charge is -2.11. The maximum atomic E-state index is 11.9. The summed E-state index contributed by atoms with van der Waals surface area (Å²) >= 11 is 1.29. The van der Waals surface area contributed by atoms with Crippen LogP contribution >= 0.6 is 11.8 Å². The topological polar surface area (TPSA) is 98.7 Å². The maximum Gasteiger partial charge on any atom is 0.230 e. The average Bonchev–Trinajstić information content (AvgIpc) is 3.16. The van der Waals surface area contributed by atoms with Crippen molar-refractivity contribution in [2.24, 2.45) is 0 Å². The van der Waals surface area contributed by atoms with Gasteiger partial charge in [-0.1, -0.05) is 24.6 Å². The van der Waals surface area contributed by atoms with E-state index >= 15 is 0 Å². The summed E-state index contributed by atoms with van der Waals surface area (Å²) in [4.78, 5) is 16.0. The molecule has 1 aliphatic carbocycles. The number of amides is 1. The normalized spacial score (nSPS) is 15.1. The summed E-state index contributed by atoms with van der Waals surface area (Å²) in [7, 11) is 0. The molecule has 2 heterocycles. The molecule has 8 heteroatoms. The molecule has 0 atom stereocenters. The van der Waals surface area contributed by atoms with Crippen LogP contribution in [0.5, 0.6) is 0 Å². The molecule has 0 aromatic carbocycles. The number of carbonyl (C=O) groups is 1. The van der Waals surface area contributed by atoms with E-state index in [9.17, 15) is 4.79 Å². The second kappa shape index (κ2) is 6.78. The number of carbonyl (C=O) groups excluding carboxylic acids is 1. The highest BCUT2D eigenvalue weighted by Gasteiger charge is 2.18. The zero-order valence-corrected chi connectivity index (χ0v) is 12.9. The van der Waals surface area contributed by atoms with Gasteiger partial charge in [-0.05, 0) is 25.0 Å². The van der Waals surface area contributed by atoms with Crippen molar-refractivity contribution in [3.05, 3.63) is 24.5 Å². The Morgan fingerprint density at radius 3 is 2.95 bits per heavy atom.